The van der Waals surface area contributed by atoms with Crippen LogP contribution in [0.25, 0.3) is 0 Å². The van der Waals surface area contributed by atoms with Crippen molar-refractivity contribution in [3.63, 3.8) is 0 Å². The van der Waals surface area contributed by atoms with Crippen LogP contribution < -0.4 is 5.32 Å². The molecule has 0 spiro atoms. The zero-order valence-corrected chi connectivity index (χ0v) is 11.2. The number of sulfone groups is 1. The van der Waals surface area contributed by atoms with Crippen LogP contribution in [-0.4, -0.2) is 41.3 Å². The lowest BCUT2D eigenvalue weighted by atomic mass is 10.1. The van der Waals surface area contributed by atoms with Crippen LogP contribution in [0.15, 0.2) is 12.1 Å². The quantitative estimate of drug-likeness (QED) is 0.602. The van der Waals surface area contributed by atoms with Crippen LogP contribution in [0.1, 0.15) is 18.4 Å². The number of benzene rings is 1. The Bertz CT molecular complexity index is 570. The molecule has 0 bridgehead atoms. The molecule has 1 saturated heterocycles. The van der Waals surface area contributed by atoms with Gasteiger partial charge < -0.3 is 20.6 Å². The third-order valence-electron chi connectivity index (χ3n) is 3.26. The maximum absolute atomic E-state index is 11.5. The normalized spacial score (nSPS) is 22.2. The van der Waals surface area contributed by atoms with E-state index >= 15 is 0 Å². The van der Waals surface area contributed by atoms with E-state index in [4.69, 9.17) is 0 Å². The fraction of sp³-hybridized carbons (Fsp3) is 0.500. The van der Waals surface area contributed by atoms with Gasteiger partial charge in [0.1, 0.15) is 0 Å². The van der Waals surface area contributed by atoms with E-state index in [9.17, 15) is 23.7 Å². The highest BCUT2D eigenvalue weighted by Gasteiger charge is 2.24. The highest BCUT2D eigenvalue weighted by Crippen LogP contribution is 2.36. The molecule has 1 fully saturated rings. The van der Waals surface area contributed by atoms with Crippen molar-refractivity contribution in [2.24, 2.45) is 0 Å². The molecule has 7 heteroatoms. The number of hydrogen-bond donors (Lipinski definition) is 4. The van der Waals surface area contributed by atoms with Crippen molar-refractivity contribution >= 4 is 9.84 Å². The van der Waals surface area contributed by atoms with Gasteiger partial charge in [-0.1, -0.05) is 6.07 Å². The van der Waals surface area contributed by atoms with E-state index in [1.807, 2.05) is 0 Å². The molecule has 6 nitrogen and oxygen atoms in total. The number of rotatable bonds is 3. The van der Waals surface area contributed by atoms with Gasteiger partial charge in [-0.3, -0.25) is 0 Å². The molecule has 1 atom stereocenters. The first-order valence-electron chi connectivity index (χ1n) is 6.05. The Hall–Kier alpha value is -1.47. The first kappa shape index (κ1) is 14.0. The molecule has 1 aromatic rings. The van der Waals surface area contributed by atoms with Gasteiger partial charge in [0.25, 0.3) is 0 Å². The summed E-state index contributed by atoms with van der Waals surface area (Å²) in [6, 6.07) is 2.62. The minimum atomic E-state index is -2.98. The smallest absolute Gasteiger partial charge is 0.200 e. The van der Waals surface area contributed by atoms with Crippen molar-refractivity contribution < 1.29 is 23.7 Å². The minimum Gasteiger partial charge on any atom is -0.504 e. The molecule has 2 rings (SSSR count). The van der Waals surface area contributed by atoms with E-state index in [1.165, 1.54) is 12.1 Å². The average molecular weight is 287 g/mol. The summed E-state index contributed by atoms with van der Waals surface area (Å²) < 4.78 is 23.0. The molecule has 0 aromatic heterocycles. The van der Waals surface area contributed by atoms with E-state index in [2.05, 4.69) is 5.32 Å². The molecule has 1 aliphatic heterocycles. The summed E-state index contributed by atoms with van der Waals surface area (Å²) in [5.74, 6) is -1.00. The van der Waals surface area contributed by atoms with Gasteiger partial charge in [-0.15, -0.1) is 0 Å². The van der Waals surface area contributed by atoms with Crippen LogP contribution >= 0.6 is 0 Å². The van der Waals surface area contributed by atoms with Crippen LogP contribution in [-0.2, 0) is 16.4 Å². The largest absolute Gasteiger partial charge is 0.504 e. The molecule has 1 heterocycles. The second kappa shape index (κ2) is 5.26. The van der Waals surface area contributed by atoms with Crippen LogP contribution in [0.4, 0.5) is 0 Å². The van der Waals surface area contributed by atoms with Crippen molar-refractivity contribution in [2.45, 2.75) is 25.4 Å². The maximum atomic E-state index is 11.5. The zero-order valence-electron chi connectivity index (χ0n) is 10.3. The van der Waals surface area contributed by atoms with Crippen LogP contribution in [0.3, 0.4) is 0 Å². The van der Waals surface area contributed by atoms with Crippen molar-refractivity contribution in [1.82, 2.24) is 5.32 Å². The molecule has 1 aromatic carbocycles. The highest BCUT2D eigenvalue weighted by atomic mass is 32.2. The third-order valence-corrected chi connectivity index (χ3v) is 5.08. The molecular weight excluding hydrogens is 270 g/mol. The van der Waals surface area contributed by atoms with Crippen molar-refractivity contribution in [3.05, 3.63) is 17.7 Å². The van der Waals surface area contributed by atoms with Gasteiger partial charge in [0, 0.05) is 18.2 Å². The minimum absolute atomic E-state index is 0.0951. The molecule has 106 valence electrons. The van der Waals surface area contributed by atoms with E-state index < -0.39 is 15.6 Å². The molecule has 19 heavy (non-hydrogen) atoms. The average Bonchev–Trinajstić information content (AvgIpc) is 2.34. The standard InChI is InChI=1S/C12H17NO5S/c14-10-4-3-8(11(15)12(10)16)6-13-9-2-1-5-19(17,18)7-9/h3-4,9,13-16H,1-2,5-7H2. The lowest BCUT2D eigenvalue weighted by Gasteiger charge is -2.23. The second-order valence-electron chi connectivity index (χ2n) is 4.78. The van der Waals surface area contributed by atoms with E-state index in [0.29, 0.717) is 12.0 Å². The topological polar surface area (TPSA) is 107 Å². The fourth-order valence-corrected chi connectivity index (χ4v) is 3.86. The number of nitrogens with one attached hydrogen (secondary N) is 1. The summed E-state index contributed by atoms with van der Waals surface area (Å²) in [5, 5.41) is 31.3. The van der Waals surface area contributed by atoms with E-state index in [0.717, 1.165) is 6.42 Å². The summed E-state index contributed by atoms with van der Waals surface area (Å²) >= 11 is 0. The Labute approximate surface area is 111 Å². The molecular formula is C12H17NO5S. The first-order valence-corrected chi connectivity index (χ1v) is 7.88. The maximum Gasteiger partial charge on any atom is 0.200 e. The van der Waals surface area contributed by atoms with Gasteiger partial charge >= 0.3 is 0 Å². The number of phenolic OH excluding ortho intramolecular Hbond substituents is 3. The van der Waals surface area contributed by atoms with Crippen LogP contribution in [0.2, 0.25) is 0 Å². The van der Waals surface area contributed by atoms with Crippen LogP contribution in [0, 0.1) is 0 Å². The predicted molar refractivity (Wildman–Crippen MR) is 70.0 cm³/mol. The van der Waals surface area contributed by atoms with Gasteiger partial charge in [0.05, 0.1) is 11.5 Å². The third kappa shape index (κ3) is 3.30. The highest BCUT2D eigenvalue weighted by molar-refractivity contribution is 7.91. The number of aromatic hydroxyl groups is 3. The monoisotopic (exact) mass is 287 g/mol. The van der Waals surface area contributed by atoms with Gasteiger partial charge in [-0.05, 0) is 18.9 Å². The van der Waals surface area contributed by atoms with Crippen LogP contribution in [0.5, 0.6) is 17.2 Å². The lowest BCUT2D eigenvalue weighted by Crippen LogP contribution is -2.39. The number of phenols is 3. The summed E-state index contributed by atoms with van der Waals surface area (Å²) in [7, 11) is -2.98. The molecule has 1 unspecified atom stereocenters. The Kier molecular flexibility index (Phi) is 3.86. The Morgan fingerprint density at radius 1 is 1.21 bits per heavy atom. The van der Waals surface area contributed by atoms with Crippen molar-refractivity contribution in [3.8, 4) is 17.2 Å². The predicted octanol–water partition coefficient (Wildman–Crippen LogP) is 0.470. The summed E-state index contributed by atoms with van der Waals surface area (Å²) in [5.41, 5.74) is 0.415. The van der Waals surface area contributed by atoms with Gasteiger partial charge in [0.15, 0.2) is 21.3 Å². The van der Waals surface area contributed by atoms with Crippen molar-refractivity contribution in [2.75, 3.05) is 11.5 Å². The van der Waals surface area contributed by atoms with Gasteiger partial charge in [0.2, 0.25) is 5.75 Å². The zero-order chi connectivity index (χ0) is 14.0. The summed E-state index contributed by atoms with van der Waals surface area (Å²) in [6.07, 6.45) is 1.40. The van der Waals surface area contributed by atoms with E-state index in [1.54, 1.807) is 0 Å². The molecule has 0 aliphatic carbocycles. The Morgan fingerprint density at radius 3 is 2.63 bits per heavy atom. The SMILES string of the molecule is O=S1(=O)CCCC(NCc2ccc(O)c(O)c2O)C1. The fourth-order valence-electron chi connectivity index (χ4n) is 2.19. The summed E-state index contributed by atoms with van der Waals surface area (Å²) in [4.78, 5) is 0. The second-order valence-corrected chi connectivity index (χ2v) is 7.00. The Balaban J connectivity index is 2.01. The molecule has 1 aliphatic rings. The molecule has 0 amide bonds. The van der Waals surface area contributed by atoms with Gasteiger partial charge in [-0.2, -0.15) is 0 Å². The molecule has 0 saturated carbocycles. The van der Waals surface area contributed by atoms with E-state index in [-0.39, 0.29) is 35.6 Å². The Morgan fingerprint density at radius 2 is 1.95 bits per heavy atom. The van der Waals surface area contributed by atoms with Crippen molar-refractivity contribution in [1.29, 1.82) is 0 Å². The summed E-state index contributed by atoms with van der Waals surface area (Å²) in [6.45, 7) is 0.236. The number of hydrogen-bond acceptors (Lipinski definition) is 6. The lowest BCUT2D eigenvalue weighted by molar-refractivity contribution is 0.363. The van der Waals surface area contributed by atoms with Gasteiger partial charge in [-0.25, -0.2) is 8.42 Å². The first-order chi connectivity index (χ1) is 8.89. The molecule has 0 radical (unpaired) electrons. The molecule has 4 N–H and O–H groups in total.